The maximum atomic E-state index is 5.52. The second-order valence-electron chi connectivity index (χ2n) is 4.24. The van der Waals surface area contributed by atoms with Crippen molar-refractivity contribution >= 4 is 0 Å². The van der Waals surface area contributed by atoms with Crippen LogP contribution in [0.5, 0.6) is 0 Å². The van der Waals surface area contributed by atoms with Crippen molar-refractivity contribution < 1.29 is 4.74 Å². The first-order chi connectivity index (χ1) is 8.36. The van der Waals surface area contributed by atoms with E-state index in [9.17, 15) is 0 Å². The van der Waals surface area contributed by atoms with Crippen molar-refractivity contribution in [1.82, 2.24) is 10.3 Å². The molecule has 0 aliphatic carbocycles. The molecule has 1 heterocycles. The fraction of sp³-hybridized carbons (Fsp3) is 0.643. The van der Waals surface area contributed by atoms with Crippen molar-refractivity contribution in [3.8, 4) is 0 Å². The van der Waals surface area contributed by atoms with Crippen LogP contribution in [0.1, 0.15) is 44.4 Å². The molecule has 0 spiro atoms. The SMILES string of the molecule is CCCCOCc1ccc(CNCCC)cn1. The summed E-state index contributed by atoms with van der Waals surface area (Å²) in [5, 5.41) is 3.36. The summed E-state index contributed by atoms with van der Waals surface area (Å²) < 4.78 is 5.52. The Bertz CT molecular complexity index is 285. The lowest BCUT2D eigenvalue weighted by molar-refractivity contribution is 0.115. The van der Waals surface area contributed by atoms with E-state index in [2.05, 4.69) is 36.3 Å². The second-order valence-corrected chi connectivity index (χ2v) is 4.24. The van der Waals surface area contributed by atoms with Gasteiger partial charge in [-0.15, -0.1) is 0 Å². The van der Waals surface area contributed by atoms with Gasteiger partial charge < -0.3 is 10.1 Å². The highest BCUT2D eigenvalue weighted by Gasteiger charge is 1.96. The summed E-state index contributed by atoms with van der Waals surface area (Å²) in [5.74, 6) is 0. The summed E-state index contributed by atoms with van der Waals surface area (Å²) in [6.45, 7) is 7.75. The molecule has 3 heteroatoms. The van der Waals surface area contributed by atoms with Gasteiger partial charge in [-0.25, -0.2) is 0 Å². The summed E-state index contributed by atoms with van der Waals surface area (Å²) >= 11 is 0. The standard InChI is InChI=1S/C14H24N2O/c1-3-5-9-17-12-14-7-6-13(11-16-14)10-15-8-4-2/h6-7,11,15H,3-5,8-10,12H2,1-2H3. The first-order valence-electron chi connectivity index (χ1n) is 6.59. The Hall–Kier alpha value is -0.930. The molecule has 0 amide bonds. The molecular formula is C14H24N2O. The lowest BCUT2D eigenvalue weighted by Crippen LogP contribution is -2.14. The van der Waals surface area contributed by atoms with E-state index in [4.69, 9.17) is 4.74 Å². The van der Waals surface area contributed by atoms with Crippen molar-refractivity contribution in [1.29, 1.82) is 0 Å². The number of unbranched alkanes of at least 4 members (excludes halogenated alkanes) is 1. The van der Waals surface area contributed by atoms with Crippen LogP contribution >= 0.6 is 0 Å². The van der Waals surface area contributed by atoms with Crippen molar-refractivity contribution in [3.63, 3.8) is 0 Å². The second kappa shape index (κ2) is 9.14. The average Bonchev–Trinajstić information content (AvgIpc) is 2.37. The summed E-state index contributed by atoms with van der Waals surface area (Å²) in [4.78, 5) is 4.39. The topological polar surface area (TPSA) is 34.1 Å². The molecule has 0 aromatic carbocycles. The lowest BCUT2D eigenvalue weighted by Gasteiger charge is -2.05. The maximum absolute atomic E-state index is 5.52. The fourth-order valence-electron chi connectivity index (χ4n) is 1.48. The quantitative estimate of drug-likeness (QED) is 0.669. The van der Waals surface area contributed by atoms with Gasteiger partial charge in [0.15, 0.2) is 0 Å². The van der Waals surface area contributed by atoms with Crippen LogP contribution in [0.4, 0.5) is 0 Å². The number of nitrogens with zero attached hydrogens (tertiary/aromatic N) is 1. The molecule has 0 saturated carbocycles. The molecule has 96 valence electrons. The van der Waals surface area contributed by atoms with Crippen molar-refractivity contribution in [3.05, 3.63) is 29.6 Å². The normalized spacial score (nSPS) is 10.7. The van der Waals surface area contributed by atoms with E-state index in [1.165, 1.54) is 12.0 Å². The smallest absolute Gasteiger partial charge is 0.0887 e. The molecule has 1 rings (SSSR count). The zero-order valence-corrected chi connectivity index (χ0v) is 11.0. The lowest BCUT2D eigenvalue weighted by atomic mass is 10.2. The van der Waals surface area contributed by atoms with Crippen molar-refractivity contribution in [2.24, 2.45) is 0 Å². The van der Waals surface area contributed by atoms with Gasteiger partial charge in [0.25, 0.3) is 0 Å². The first-order valence-corrected chi connectivity index (χ1v) is 6.59. The summed E-state index contributed by atoms with van der Waals surface area (Å²) in [7, 11) is 0. The third kappa shape index (κ3) is 6.39. The molecule has 17 heavy (non-hydrogen) atoms. The molecule has 1 aromatic heterocycles. The molecule has 0 aliphatic heterocycles. The van der Waals surface area contributed by atoms with Gasteiger partial charge in [-0.3, -0.25) is 4.98 Å². The van der Waals surface area contributed by atoms with Crippen LogP contribution < -0.4 is 5.32 Å². The molecule has 0 atom stereocenters. The van der Waals surface area contributed by atoms with Gasteiger partial charge in [-0.2, -0.15) is 0 Å². The fourth-order valence-corrected chi connectivity index (χ4v) is 1.48. The minimum Gasteiger partial charge on any atom is -0.375 e. The van der Waals surface area contributed by atoms with Gasteiger partial charge in [0.1, 0.15) is 0 Å². The highest BCUT2D eigenvalue weighted by molar-refractivity contribution is 5.13. The largest absolute Gasteiger partial charge is 0.375 e. The Morgan fingerprint density at radius 3 is 2.76 bits per heavy atom. The highest BCUT2D eigenvalue weighted by atomic mass is 16.5. The number of hydrogen-bond donors (Lipinski definition) is 1. The Balaban J connectivity index is 2.24. The van der Waals surface area contributed by atoms with Gasteiger partial charge >= 0.3 is 0 Å². The van der Waals surface area contributed by atoms with Crippen LogP contribution in [0, 0.1) is 0 Å². The molecule has 0 fully saturated rings. The first kappa shape index (κ1) is 14.1. The molecule has 0 radical (unpaired) electrons. The number of pyridine rings is 1. The van der Waals surface area contributed by atoms with Gasteiger partial charge in [0.05, 0.1) is 12.3 Å². The number of rotatable bonds is 9. The molecular weight excluding hydrogens is 212 g/mol. The summed E-state index contributed by atoms with van der Waals surface area (Å²) in [6.07, 6.45) is 5.40. The Morgan fingerprint density at radius 1 is 1.24 bits per heavy atom. The molecule has 1 aromatic rings. The van der Waals surface area contributed by atoms with Crippen LogP contribution in [0.25, 0.3) is 0 Å². The minimum absolute atomic E-state index is 0.628. The summed E-state index contributed by atoms with van der Waals surface area (Å²) in [5.41, 5.74) is 2.25. The van der Waals surface area contributed by atoms with Crippen LogP contribution in [-0.4, -0.2) is 18.1 Å². The predicted molar refractivity (Wildman–Crippen MR) is 70.8 cm³/mol. The van der Waals surface area contributed by atoms with Gasteiger partial charge in [-0.05, 0) is 31.0 Å². The van der Waals surface area contributed by atoms with Gasteiger partial charge in [0, 0.05) is 19.3 Å². The predicted octanol–water partition coefficient (Wildman–Crippen LogP) is 2.90. The zero-order chi connectivity index (χ0) is 12.3. The number of hydrogen-bond acceptors (Lipinski definition) is 3. The molecule has 0 unspecified atom stereocenters. The molecule has 0 saturated heterocycles. The third-order valence-corrected chi connectivity index (χ3v) is 2.53. The number of nitrogens with one attached hydrogen (secondary N) is 1. The average molecular weight is 236 g/mol. The molecule has 0 bridgehead atoms. The van der Waals surface area contributed by atoms with E-state index < -0.39 is 0 Å². The molecule has 0 aliphatic rings. The minimum atomic E-state index is 0.628. The Morgan fingerprint density at radius 2 is 2.12 bits per heavy atom. The third-order valence-electron chi connectivity index (χ3n) is 2.53. The van der Waals surface area contributed by atoms with Crippen LogP contribution in [0.2, 0.25) is 0 Å². The summed E-state index contributed by atoms with van der Waals surface area (Å²) in [6, 6.07) is 4.17. The van der Waals surface area contributed by atoms with Crippen molar-refractivity contribution in [2.75, 3.05) is 13.2 Å². The van der Waals surface area contributed by atoms with E-state index in [0.717, 1.165) is 38.2 Å². The number of ether oxygens (including phenoxy) is 1. The van der Waals surface area contributed by atoms with E-state index in [-0.39, 0.29) is 0 Å². The molecule has 1 N–H and O–H groups in total. The Labute approximate surface area is 105 Å². The van der Waals surface area contributed by atoms with E-state index in [0.29, 0.717) is 6.61 Å². The van der Waals surface area contributed by atoms with Crippen molar-refractivity contribution in [2.45, 2.75) is 46.3 Å². The Kier molecular flexibility index (Phi) is 7.60. The van der Waals surface area contributed by atoms with Gasteiger partial charge in [-0.1, -0.05) is 26.3 Å². The molecule has 3 nitrogen and oxygen atoms in total. The number of aromatic nitrogens is 1. The van der Waals surface area contributed by atoms with Crippen LogP contribution in [-0.2, 0) is 17.9 Å². The zero-order valence-electron chi connectivity index (χ0n) is 11.0. The van der Waals surface area contributed by atoms with Crippen LogP contribution in [0.15, 0.2) is 18.3 Å². The monoisotopic (exact) mass is 236 g/mol. The van der Waals surface area contributed by atoms with Gasteiger partial charge in [0.2, 0.25) is 0 Å². The van der Waals surface area contributed by atoms with E-state index in [1.807, 2.05) is 6.20 Å². The highest BCUT2D eigenvalue weighted by Crippen LogP contribution is 2.02. The van der Waals surface area contributed by atoms with E-state index >= 15 is 0 Å². The maximum Gasteiger partial charge on any atom is 0.0887 e. The van der Waals surface area contributed by atoms with E-state index in [1.54, 1.807) is 0 Å². The van der Waals surface area contributed by atoms with Crippen LogP contribution in [0.3, 0.4) is 0 Å².